The monoisotopic (exact) mass is 496 g/mol. The zero-order valence-electron chi connectivity index (χ0n) is 21.6. The molecule has 0 aromatic heterocycles. The summed E-state index contributed by atoms with van der Waals surface area (Å²) in [5.41, 5.74) is 2.53. The molecule has 1 saturated heterocycles. The predicted octanol–water partition coefficient (Wildman–Crippen LogP) is 4.44. The topological polar surface area (TPSA) is 81.8 Å². The lowest BCUT2D eigenvalue weighted by molar-refractivity contribution is -0.131. The molecule has 0 spiro atoms. The average Bonchev–Trinajstić information content (AvgIpc) is 3.09. The van der Waals surface area contributed by atoms with Crippen molar-refractivity contribution < 1.29 is 18.8 Å². The fraction of sp³-hybridized carbons (Fsp3) is 0.464. The highest BCUT2D eigenvalue weighted by atomic mass is 19.1. The third-order valence-electron chi connectivity index (χ3n) is 6.17. The van der Waals surface area contributed by atoms with Gasteiger partial charge in [-0.3, -0.25) is 14.4 Å². The van der Waals surface area contributed by atoms with Gasteiger partial charge >= 0.3 is 0 Å². The summed E-state index contributed by atoms with van der Waals surface area (Å²) in [7, 11) is 0. The van der Waals surface area contributed by atoms with E-state index in [-0.39, 0.29) is 36.0 Å². The number of benzene rings is 2. The zero-order valence-corrected chi connectivity index (χ0v) is 21.6. The van der Waals surface area contributed by atoms with Crippen LogP contribution in [0, 0.1) is 17.7 Å². The van der Waals surface area contributed by atoms with Gasteiger partial charge in [0, 0.05) is 56.4 Å². The van der Waals surface area contributed by atoms with Crippen molar-refractivity contribution in [2.75, 3.05) is 36.4 Å². The number of carbonyl (C=O) groups is 3. The van der Waals surface area contributed by atoms with Crippen LogP contribution in [0.1, 0.15) is 56.5 Å². The van der Waals surface area contributed by atoms with Crippen molar-refractivity contribution in [3.8, 4) is 0 Å². The third-order valence-corrected chi connectivity index (χ3v) is 6.17. The van der Waals surface area contributed by atoms with Crippen molar-refractivity contribution in [1.82, 2.24) is 10.2 Å². The number of nitrogens with one attached hydrogen (secondary N) is 2. The SMILES string of the molecule is CC(C)CC(=O)N1CCCN(c2ccc(NC(=O)C(C)C)cc2C(=O)NCc2ccc(F)cc2)CC1. The van der Waals surface area contributed by atoms with Gasteiger partial charge in [0.25, 0.3) is 5.91 Å². The second kappa shape index (κ2) is 12.5. The molecule has 0 unspecified atom stereocenters. The smallest absolute Gasteiger partial charge is 0.253 e. The number of amides is 3. The molecule has 36 heavy (non-hydrogen) atoms. The number of hydrogen-bond acceptors (Lipinski definition) is 4. The molecule has 0 bridgehead atoms. The second-order valence-corrected chi connectivity index (χ2v) is 10.0. The molecule has 1 fully saturated rings. The molecule has 2 aromatic rings. The fourth-order valence-electron chi connectivity index (χ4n) is 4.12. The molecule has 3 rings (SSSR count). The Balaban J connectivity index is 1.81. The van der Waals surface area contributed by atoms with Gasteiger partial charge in [-0.1, -0.05) is 39.8 Å². The number of carbonyl (C=O) groups excluding carboxylic acids is 3. The molecule has 8 heteroatoms. The molecule has 194 valence electrons. The van der Waals surface area contributed by atoms with E-state index in [9.17, 15) is 18.8 Å². The summed E-state index contributed by atoms with van der Waals surface area (Å²) in [6, 6.07) is 11.3. The highest BCUT2D eigenvalue weighted by molar-refractivity contribution is 6.02. The Labute approximate surface area is 213 Å². The van der Waals surface area contributed by atoms with Crippen molar-refractivity contribution >= 4 is 29.1 Å². The summed E-state index contributed by atoms with van der Waals surface area (Å²) in [6.45, 7) is 10.6. The minimum absolute atomic E-state index is 0.130. The number of anilines is 2. The van der Waals surface area contributed by atoms with Gasteiger partial charge < -0.3 is 20.4 Å². The van der Waals surface area contributed by atoms with Crippen LogP contribution in [-0.4, -0.2) is 48.8 Å². The lowest BCUT2D eigenvalue weighted by Crippen LogP contribution is -2.36. The van der Waals surface area contributed by atoms with Gasteiger partial charge in [0.15, 0.2) is 0 Å². The molecule has 0 radical (unpaired) electrons. The van der Waals surface area contributed by atoms with Crippen molar-refractivity contribution in [3.05, 3.63) is 59.4 Å². The first-order valence-electron chi connectivity index (χ1n) is 12.6. The van der Waals surface area contributed by atoms with E-state index in [1.807, 2.05) is 38.7 Å². The van der Waals surface area contributed by atoms with Crippen LogP contribution in [0.15, 0.2) is 42.5 Å². The van der Waals surface area contributed by atoms with E-state index in [4.69, 9.17) is 0 Å². The molecule has 1 aliphatic heterocycles. The Morgan fingerprint density at radius 1 is 0.944 bits per heavy atom. The molecule has 2 aromatic carbocycles. The maximum atomic E-state index is 13.3. The van der Waals surface area contributed by atoms with Gasteiger partial charge in [-0.2, -0.15) is 0 Å². The minimum Gasteiger partial charge on any atom is -0.369 e. The minimum atomic E-state index is -0.331. The van der Waals surface area contributed by atoms with Crippen LogP contribution < -0.4 is 15.5 Å². The van der Waals surface area contributed by atoms with Gasteiger partial charge in [-0.15, -0.1) is 0 Å². The standard InChI is InChI=1S/C28H37FN4O3/c1-19(2)16-26(34)33-13-5-12-32(14-15-33)25-11-10-23(31-27(35)20(3)4)17-24(25)28(36)30-18-21-6-8-22(29)9-7-21/h6-11,17,19-20H,5,12-16,18H2,1-4H3,(H,30,36)(H,31,35). The Morgan fingerprint density at radius 2 is 1.67 bits per heavy atom. The van der Waals surface area contributed by atoms with Crippen LogP contribution in [0.2, 0.25) is 0 Å². The van der Waals surface area contributed by atoms with Gasteiger partial charge in [0.2, 0.25) is 11.8 Å². The summed E-state index contributed by atoms with van der Waals surface area (Å²) in [5, 5.41) is 5.78. The highest BCUT2D eigenvalue weighted by Crippen LogP contribution is 2.26. The number of hydrogen-bond donors (Lipinski definition) is 2. The lowest BCUT2D eigenvalue weighted by atomic mass is 10.1. The second-order valence-electron chi connectivity index (χ2n) is 10.0. The molecule has 0 saturated carbocycles. The first-order valence-corrected chi connectivity index (χ1v) is 12.6. The van der Waals surface area contributed by atoms with Gasteiger partial charge in [-0.25, -0.2) is 4.39 Å². The quantitative estimate of drug-likeness (QED) is 0.566. The normalized spacial score (nSPS) is 14.1. The van der Waals surface area contributed by atoms with Crippen LogP contribution in [0.3, 0.4) is 0 Å². The number of nitrogens with zero attached hydrogens (tertiary/aromatic N) is 2. The van der Waals surface area contributed by atoms with Crippen LogP contribution >= 0.6 is 0 Å². The van der Waals surface area contributed by atoms with E-state index in [1.165, 1.54) is 12.1 Å². The Kier molecular flexibility index (Phi) is 9.44. The molecule has 2 N–H and O–H groups in total. The van der Waals surface area contributed by atoms with E-state index in [0.717, 1.165) is 17.7 Å². The van der Waals surface area contributed by atoms with Crippen LogP contribution in [0.4, 0.5) is 15.8 Å². The molecule has 0 atom stereocenters. The van der Waals surface area contributed by atoms with Crippen molar-refractivity contribution in [2.24, 2.45) is 11.8 Å². The predicted molar refractivity (Wildman–Crippen MR) is 140 cm³/mol. The van der Waals surface area contributed by atoms with Gasteiger partial charge in [0.05, 0.1) is 5.56 Å². The zero-order chi connectivity index (χ0) is 26.2. The maximum absolute atomic E-state index is 13.3. The Morgan fingerprint density at radius 3 is 2.33 bits per heavy atom. The third kappa shape index (κ3) is 7.54. The highest BCUT2D eigenvalue weighted by Gasteiger charge is 2.23. The van der Waals surface area contributed by atoms with Crippen LogP contribution in [0.5, 0.6) is 0 Å². The van der Waals surface area contributed by atoms with Crippen LogP contribution in [-0.2, 0) is 16.1 Å². The Hall–Kier alpha value is -3.42. The molecule has 7 nitrogen and oxygen atoms in total. The van der Waals surface area contributed by atoms with Gasteiger partial charge in [-0.05, 0) is 48.2 Å². The summed E-state index contributed by atoms with van der Waals surface area (Å²) < 4.78 is 13.2. The summed E-state index contributed by atoms with van der Waals surface area (Å²) >= 11 is 0. The number of halogens is 1. The number of rotatable bonds is 8. The van der Waals surface area contributed by atoms with E-state index in [0.29, 0.717) is 49.8 Å². The lowest BCUT2D eigenvalue weighted by Gasteiger charge is -2.26. The summed E-state index contributed by atoms with van der Waals surface area (Å²) in [4.78, 5) is 42.2. The molecule has 0 aliphatic carbocycles. The summed E-state index contributed by atoms with van der Waals surface area (Å²) in [5.74, 6) is -0.470. The van der Waals surface area contributed by atoms with E-state index in [1.54, 1.807) is 24.3 Å². The molecule has 3 amide bonds. The average molecular weight is 497 g/mol. The van der Waals surface area contributed by atoms with Crippen molar-refractivity contribution in [2.45, 2.75) is 47.1 Å². The van der Waals surface area contributed by atoms with Crippen LogP contribution in [0.25, 0.3) is 0 Å². The maximum Gasteiger partial charge on any atom is 0.253 e. The van der Waals surface area contributed by atoms with Crippen molar-refractivity contribution in [3.63, 3.8) is 0 Å². The first kappa shape index (κ1) is 27.2. The largest absolute Gasteiger partial charge is 0.369 e. The molecule has 1 aliphatic rings. The summed E-state index contributed by atoms with van der Waals surface area (Å²) in [6.07, 6.45) is 1.33. The van der Waals surface area contributed by atoms with E-state index < -0.39 is 0 Å². The van der Waals surface area contributed by atoms with E-state index >= 15 is 0 Å². The first-order chi connectivity index (χ1) is 17.1. The van der Waals surface area contributed by atoms with Gasteiger partial charge in [0.1, 0.15) is 5.82 Å². The molecular formula is C28H37FN4O3. The molecule has 1 heterocycles. The van der Waals surface area contributed by atoms with Crippen molar-refractivity contribution in [1.29, 1.82) is 0 Å². The molecular weight excluding hydrogens is 459 g/mol. The fourth-order valence-corrected chi connectivity index (χ4v) is 4.12. The van der Waals surface area contributed by atoms with E-state index in [2.05, 4.69) is 15.5 Å². The Bertz CT molecular complexity index is 1070.